The molecule has 16 heavy (non-hydrogen) atoms. The molecule has 3 N–H and O–H groups in total. The number of aliphatic hydroxyl groups is 1. The van der Waals surface area contributed by atoms with Gasteiger partial charge in [-0.3, -0.25) is 0 Å². The van der Waals surface area contributed by atoms with Gasteiger partial charge < -0.3 is 15.7 Å². The summed E-state index contributed by atoms with van der Waals surface area (Å²) in [6.45, 7) is 1.09. The summed E-state index contributed by atoms with van der Waals surface area (Å²) in [6, 6.07) is 1.50. The number of piperidine rings is 1. The van der Waals surface area contributed by atoms with Gasteiger partial charge in [0.1, 0.15) is 0 Å². The molecular weight excluding hydrogens is 200 g/mol. The monoisotopic (exact) mass is 224 g/mol. The second-order valence-electron chi connectivity index (χ2n) is 6.01. The predicted molar refractivity (Wildman–Crippen MR) is 64.4 cm³/mol. The van der Waals surface area contributed by atoms with E-state index in [0.717, 1.165) is 25.8 Å². The molecule has 3 rings (SSSR count). The Labute approximate surface area is 98.0 Å². The summed E-state index contributed by atoms with van der Waals surface area (Å²) in [5.41, 5.74) is -0.429. The first-order valence-electron chi connectivity index (χ1n) is 6.98. The van der Waals surface area contributed by atoms with Crippen molar-refractivity contribution in [2.45, 2.75) is 75.1 Å². The molecule has 3 heteroatoms. The van der Waals surface area contributed by atoms with Crippen LogP contribution in [0.2, 0.25) is 0 Å². The summed E-state index contributed by atoms with van der Waals surface area (Å²) in [5.74, 6) is 0. The molecule has 3 aliphatic heterocycles. The van der Waals surface area contributed by atoms with E-state index in [9.17, 15) is 5.11 Å². The molecule has 0 spiro atoms. The summed E-state index contributed by atoms with van der Waals surface area (Å²) in [7, 11) is 0. The standard InChI is InChI=1S/C13H24N2O/c16-13(12-4-2-1-3-7-14-12)8-10-5-6-11(9-13)15-10/h10-12,14-16H,1-9H2. The Morgan fingerprint density at radius 3 is 2.44 bits per heavy atom. The van der Waals surface area contributed by atoms with E-state index in [1.807, 2.05) is 0 Å². The van der Waals surface area contributed by atoms with Crippen molar-refractivity contribution in [2.75, 3.05) is 6.54 Å². The molecule has 3 saturated heterocycles. The number of hydrogen-bond acceptors (Lipinski definition) is 3. The highest BCUT2D eigenvalue weighted by molar-refractivity contribution is 5.05. The van der Waals surface area contributed by atoms with E-state index in [0.29, 0.717) is 18.1 Å². The minimum absolute atomic E-state index is 0.347. The molecule has 3 nitrogen and oxygen atoms in total. The highest BCUT2D eigenvalue weighted by Gasteiger charge is 2.46. The van der Waals surface area contributed by atoms with Crippen LogP contribution in [0.3, 0.4) is 0 Å². The third-order valence-electron chi connectivity index (χ3n) is 4.74. The maximum absolute atomic E-state index is 10.9. The maximum Gasteiger partial charge on any atom is 0.0829 e. The Morgan fingerprint density at radius 2 is 1.69 bits per heavy atom. The molecule has 0 aromatic carbocycles. The Kier molecular flexibility index (Phi) is 2.94. The highest BCUT2D eigenvalue weighted by Crippen LogP contribution is 2.37. The van der Waals surface area contributed by atoms with Crippen LogP contribution in [0, 0.1) is 0 Å². The highest BCUT2D eigenvalue weighted by atomic mass is 16.3. The largest absolute Gasteiger partial charge is 0.388 e. The Hall–Kier alpha value is -0.120. The summed E-state index contributed by atoms with van der Waals surface area (Å²) in [5, 5.41) is 18.1. The van der Waals surface area contributed by atoms with Crippen molar-refractivity contribution in [2.24, 2.45) is 0 Å². The fourth-order valence-corrected chi connectivity index (χ4v) is 3.93. The van der Waals surface area contributed by atoms with Crippen molar-refractivity contribution < 1.29 is 5.11 Å². The third kappa shape index (κ3) is 2.01. The van der Waals surface area contributed by atoms with Gasteiger partial charge in [-0.2, -0.15) is 0 Å². The maximum atomic E-state index is 10.9. The zero-order valence-electron chi connectivity index (χ0n) is 10.0. The first-order valence-corrected chi connectivity index (χ1v) is 6.98. The van der Waals surface area contributed by atoms with Crippen LogP contribution in [-0.2, 0) is 0 Å². The molecule has 3 fully saturated rings. The molecule has 92 valence electrons. The summed E-state index contributed by atoms with van der Waals surface area (Å²) in [4.78, 5) is 0. The second-order valence-corrected chi connectivity index (χ2v) is 6.01. The van der Waals surface area contributed by atoms with Gasteiger partial charge in [0, 0.05) is 18.1 Å². The lowest BCUT2D eigenvalue weighted by molar-refractivity contribution is -0.0402. The van der Waals surface area contributed by atoms with Gasteiger partial charge in [-0.1, -0.05) is 12.8 Å². The van der Waals surface area contributed by atoms with Gasteiger partial charge in [-0.15, -0.1) is 0 Å². The molecule has 3 atom stereocenters. The first-order chi connectivity index (χ1) is 7.76. The first kappa shape index (κ1) is 11.0. The quantitative estimate of drug-likeness (QED) is 0.626. The van der Waals surface area contributed by atoms with Crippen LogP contribution < -0.4 is 10.6 Å². The van der Waals surface area contributed by atoms with E-state index in [4.69, 9.17) is 0 Å². The van der Waals surface area contributed by atoms with Gasteiger partial charge in [0.15, 0.2) is 0 Å². The molecule has 0 aliphatic carbocycles. The van der Waals surface area contributed by atoms with Gasteiger partial charge in [-0.05, 0) is 45.1 Å². The van der Waals surface area contributed by atoms with Crippen LogP contribution in [0.1, 0.15) is 51.4 Å². The smallest absolute Gasteiger partial charge is 0.0829 e. The van der Waals surface area contributed by atoms with Crippen molar-refractivity contribution in [1.29, 1.82) is 0 Å². The zero-order valence-corrected chi connectivity index (χ0v) is 10.0. The van der Waals surface area contributed by atoms with E-state index in [-0.39, 0.29) is 0 Å². The van der Waals surface area contributed by atoms with Gasteiger partial charge in [0.2, 0.25) is 0 Å². The SMILES string of the molecule is OC1(C2CCCCCN2)CC2CCC(C1)N2. The summed E-state index contributed by atoms with van der Waals surface area (Å²) < 4.78 is 0. The van der Waals surface area contributed by atoms with Gasteiger partial charge >= 0.3 is 0 Å². The van der Waals surface area contributed by atoms with Gasteiger partial charge in [0.25, 0.3) is 0 Å². The number of fused-ring (bicyclic) bond motifs is 2. The summed E-state index contributed by atoms with van der Waals surface area (Å²) in [6.07, 6.45) is 9.49. The molecule has 3 aliphatic rings. The van der Waals surface area contributed by atoms with Gasteiger partial charge in [-0.25, -0.2) is 0 Å². The molecule has 0 saturated carbocycles. The average Bonchev–Trinajstić information content (AvgIpc) is 2.53. The van der Waals surface area contributed by atoms with Crippen LogP contribution in [0.25, 0.3) is 0 Å². The van der Waals surface area contributed by atoms with E-state index in [1.165, 1.54) is 32.1 Å². The second kappa shape index (κ2) is 4.28. The molecule has 0 radical (unpaired) electrons. The lowest BCUT2D eigenvalue weighted by Crippen LogP contribution is -2.58. The normalized spacial score (nSPS) is 48.9. The van der Waals surface area contributed by atoms with E-state index >= 15 is 0 Å². The third-order valence-corrected chi connectivity index (χ3v) is 4.74. The average molecular weight is 224 g/mol. The molecule has 2 bridgehead atoms. The Bertz CT molecular complexity index is 236. The van der Waals surface area contributed by atoms with E-state index < -0.39 is 5.60 Å². The molecular formula is C13H24N2O. The van der Waals surface area contributed by atoms with Crippen LogP contribution in [0.15, 0.2) is 0 Å². The molecule has 0 aromatic rings. The molecule has 3 unspecified atom stereocenters. The topological polar surface area (TPSA) is 44.3 Å². The zero-order chi connectivity index (χ0) is 11.0. The van der Waals surface area contributed by atoms with Gasteiger partial charge in [0.05, 0.1) is 5.60 Å². The Morgan fingerprint density at radius 1 is 0.938 bits per heavy atom. The minimum atomic E-state index is -0.429. The lowest BCUT2D eigenvalue weighted by atomic mass is 9.79. The van der Waals surface area contributed by atoms with E-state index in [1.54, 1.807) is 0 Å². The van der Waals surface area contributed by atoms with Crippen molar-refractivity contribution in [3.05, 3.63) is 0 Å². The van der Waals surface area contributed by atoms with Crippen molar-refractivity contribution in [3.63, 3.8) is 0 Å². The summed E-state index contributed by atoms with van der Waals surface area (Å²) >= 11 is 0. The van der Waals surface area contributed by atoms with Crippen molar-refractivity contribution in [3.8, 4) is 0 Å². The van der Waals surface area contributed by atoms with Crippen molar-refractivity contribution >= 4 is 0 Å². The van der Waals surface area contributed by atoms with Crippen LogP contribution in [0.5, 0.6) is 0 Å². The number of hydrogen-bond donors (Lipinski definition) is 3. The van der Waals surface area contributed by atoms with Crippen molar-refractivity contribution in [1.82, 2.24) is 10.6 Å². The molecule has 0 aromatic heterocycles. The van der Waals surface area contributed by atoms with Crippen LogP contribution in [-0.4, -0.2) is 35.4 Å². The Balaban J connectivity index is 1.71. The lowest BCUT2D eigenvalue weighted by Gasteiger charge is -2.42. The number of nitrogens with one attached hydrogen (secondary N) is 2. The van der Waals surface area contributed by atoms with Crippen LogP contribution >= 0.6 is 0 Å². The number of rotatable bonds is 1. The minimum Gasteiger partial charge on any atom is -0.388 e. The molecule has 0 amide bonds. The predicted octanol–water partition coefficient (Wildman–Crippen LogP) is 1.16. The van der Waals surface area contributed by atoms with E-state index in [2.05, 4.69) is 10.6 Å². The fraction of sp³-hybridized carbons (Fsp3) is 1.00. The van der Waals surface area contributed by atoms with Crippen LogP contribution in [0.4, 0.5) is 0 Å². The fourth-order valence-electron chi connectivity index (χ4n) is 3.93. The molecule has 3 heterocycles.